The molecule has 1 heterocycles. The largest absolute Gasteiger partial charge is 0.357 e. The number of anilines is 1. The predicted molar refractivity (Wildman–Crippen MR) is 73.1 cm³/mol. The Kier molecular flexibility index (Phi) is 2.99. The molecule has 4 heteroatoms. The standard InChI is InChI=1S/C15H14N2O2/c18-11-5-6-12(15(19)7-11)14-9-16-8-10-3-1-2-4-13(10)17-14/h1-4,8-9,12,17H,5-7H2. The van der Waals surface area contributed by atoms with Gasteiger partial charge in [-0.15, -0.1) is 0 Å². The molecule has 1 N–H and O–H groups in total. The first kappa shape index (κ1) is 11.8. The third kappa shape index (κ3) is 2.34. The van der Waals surface area contributed by atoms with Crippen molar-refractivity contribution < 1.29 is 9.59 Å². The molecule has 4 nitrogen and oxygen atoms in total. The van der Waals surface area contributed by atoms with Gasteiger partial charge in [-0.3, -0.25) is 14.6 Å². The third-order valence-electron chi connectivity index (χ3n) is 3.51. The number of benzene rings is 1. The van der Waals surface area contributed by atoms with Crippen LogP contribution in [0.5, 0.6) is 0 Å². The van der Waals surface area contributed by atoms with Crippen LogP contribution in [0.15, 0.2) is 41.2 Å². The summed E-state index contributed by atoms with van der Waals surface area (Å²) in [6.07, 6.45) is 4.57. The topological polar surface area (TPSA) is 58.5 Å². The Morgan fingerprint density at radius 2 is 2.05 bits per heavy atom. The molecule has 1 aromatic rings. The second-order valence-electron chi connectivity index (χ2n) is 4.85. The molecule has 1 aromatic carbocycles. The second-order valence-corrected chi connectivity index (χ2v) is 4.85. The summed E-state index contributed by atoms with van der Waals surface area (Å²) in [6.45, 7) is 0. The van der Waals surface area contributed by atoms with Crippen LogP contribution in [0.25, 0.3) is 0 Å². The summed E-state index contributed by atoms with van der Waals surface area (Å²) >= 11 is 0. The first-order chi connectivity index (χ1) is 9.24. The highest BCUT2D eigenvalue weighted by Gasteiger charge is 2.30. The third-order valence-corrected chi connectivity index (χ3v) is 3.51. The number of carbonyl (C=O) groups excluding carboxylic acids is 2. The summed E-state index contributed by atoms with van der Waals surface area (Å²) in [6, 6.07) is 7.81. The molecule has 2 aliphatic rings. The number of allylic oxidation sites excluding steroid dienone is 1. The lowest BCUT2D eigenvalue weighted by Crippen LogP contribution is -2.28. The summed E-state index contributed by atoms with van der Waals surface area (Å²) in [5, 5.41) is 3.28. The molecule has 3 rings (SSSR count). The van der Waals surface area contributed by atoms with Crippen LogP contribution in [0.1, 0.15) is 24.8 Å². The van der Waals surface area contributed by atoms with E-state index in [2.05, 4.69) is 10.3 Å². The van der Waals surface area contributed by atoms with E-state index in [1.807, 2.05) is 24.3 Å². The second kappa shape index (κ2) is 4.80. The average molecular weight is 254 g/mol. The summed E-state index contributed by atoms with van der Waals surface area (Å²) in [7, 11) is 0. The summed E-state index contributed by atoms with van der Waals surface area (Å²) in [4.78, 5) is 27.5. The molecule has 96 valence electrons. The zero-order valence-electron chi connectivity index (χ0n) is 10.4. The van der Waals surface area contributed by atoms with Crippen molar-refractivity contribution in [1.29, 1.82) is 0 Å². The van der Waals surface area contributed by atoms with E-state index in [1.165, 1.54) is 0 Å². The average Bonchev–Trinajstić information content (AvgIpc) is 2.60. The van der Waals surface area contributed by atoms with E-state index >= 15 is 0 Å². The van der Waals surface area contributed by atoms with E-state index in [0.717, 1.165) is 16.9 Å². The molecule has 1 aliphatic carbocycles. The SMILES string of the molecule is O=C1CCC(C2=CN=Cc3ccccc3N2)C(=O)C1. The highest BCUT2D eigenvalue weighted by molar-refractivity contribution is 6.04. The van der Waals surface area contributed by atoms with Crippen LogP contribution in [-0.4, -0.2) is 17.8 Å². The first-order valence-corrected chi connectivity index (χ1v) is 6.38. The molecule has 19 heavy (non-hydrogen) atoms. The smallest absolute Gasteiger partial charge is 0.149 e. The molecule has 1 atom stereocenters. The van der Waals surface area contributed by atoms with Gasteiger partial charge in [0.25, 0.3) is 0 Å². The molecule has 0 radical (unpaired) electrons. The maximum absolute atomic E-state index is 12.0. The Balaban J connectivity index is 1.87. The zero-order chi connectivity index (χ0) is 13.2. The number of nitrogens with zero attached hydrogens (tertiary/aromatic N) is 1. The van der Waals surface area contributed by atoms with Crippen LogP contribution in [0, 0.1) is 5.92 Å². The minimum atomic E-state index is -0.235. The number of aliphatic imine (C=N–C) groups is 1. The van der Waals surface area contributed by atoms with Gasteiger partial charge in [0.15, 0.2) is 0 Å². The van der Waals surface area contributed by atoms with Gasteiger partial charge in [0.2, 0.25) is 0 Å². The molecular weight excluding hydrogens is 240 g/mol. The van der Waals surface area contributed by atoms with Gasteiger partial charge in [-0.2, -0.15) is 0 Å². The summed E-state index contributed by atoms with van der Waals surface area (Å²) < 4.78 is 0. The van der Waals surface area contributed by atoms with Crippen LogP contribution in [0.2, 0.25) is 0 Å². The van der Waals surface area contributed by atoms with Crippen LogP contribution in [0.4, 0.5) is 5.69 Å². The number of ketones is 2. The fraction of sp³-hybridized carbons (Fsp3) is 0.267. The van der Waals surface area contributed by atoms with Crippen LogP contribution in [0.3, 0.4) is 0 Å². The predicted octanol–water partition coefficient (Wildman–Crippen LogP) is 2.31. The van der Waals surface area contributed by atoms with Gasteiger partial charge in [-0.25, -0.2) is 0 Å². The van der Waals surface area contributed by atoms with Gasteiger partial charge in [0.1, 0.15) is 11.6 Å². The molecule has 0 amide bonds. The van der Waals surface area contributed by atoms with Crippen molar-refractivity contribution >= 4 is 23.5 Å². The van der Waals surface area contributed by atoms with Gasteiger partial charge in [-0.1, -0.05) is 18.2 Å². The summed E-state index contributed by atoms with van der Waals surface area (Å²) in [5.74, 6) is -0.204. The molecule has 0 bridgehead atoms. The number of fused-ring (bicyclic) bond motifs is 1. The van der Waals surface area contributed by atoms with Gasteiger partial charge >= 0.3 is 0 Å². The Bertz CT molecular complexity index is 602. The Morgan fingerprint density at radius 1 is 1.21 bits per heavy atom. The van der Waals surface area contributed by atoms with Gasteiger partial charge in [0.05, 0.1) is 12.3 Å². The highest BCUT2D eigenvalue weighted by atomic mass is 16.1. The van der Waals surface area contributed by atoms with E-state index in [9.17, 15) is 9.59 Å². The number of Topliss-reactive ketones (excluding diaryl/α,β-unsaturated/α-hetero) is 2. The van der Waals surface area contributed by atoms with Crippen molar-refractivity contribution in [2.45, 2.75) is 19.3 Å². The molecule has 1 fully saturated rings. The fourth-order valence-corrected chi connectivity index (χ4v) is 2.49. The quantitative estimate of drug-likeness (QED) is 0.782. The minimum absolute atomic E-state index is 0.00965. The lowest BCUT2D eigenvalue weighted by Gasteiger charge is -2.23. The lowest BCUT2D eigenvalue weighted by atomic mass is 9.85. The van der Waals surface area contributed by atoms with Gasteiger partial charge < -0.3 is 5.32 Å². The molecule has 0 spiro atoms. The van der Waals surface area contributed by atoms with E-state index in [0.29, 0.717) is 12.8 Å². The first-order valence-electron chi connectivity index (χ1n) is 6.38. The Labute approximate surface area is 111 Å². The monoisotopic (exact) mass is 254 g/mol. The van der Waals surface area contributed by atoms with E-state index < -0.39 is 0 Å². The van der Waals surface area contributed by atoms with E-state index in [-0.39, 0.29) is 23.9 Å². The van der Waals surface area contributed by atoms with Crippen LogP contribution in [-0.2, 0) is 9.59 Å². The van der Waals surface area contributed by atoms with Crippen molar-refractivity contribution in [3.05, 3.63) is 41.7 Å². The summed E-state index contributed by atoms with van der Waals surface area (Å²) in [5.41, 5.74) is 2.73. The normalized spacial score (nSPS) is 22.3. The molecule has 0 saturated heterocycles. The van der Waals surface area contributed by atoms with Crippen molar-refractivity contribution in [3.8, 4) is 0 Å². The minimum Gasteiger partial charge on any atom is -0.357 e. The number of nitrogens with one attached hydrogen (secondary N) is 1. The van der Waals surface area contributed by atoms with Gasteiger partial charge in [-0.05, 0) is 12.5 Å². The number of hydrogen-bond donors (Lipinski definition) is 1. The number of carbonyl (C=O) groups is 2. The Morgan fingerprint density at radius 3 is 2.89 bits per heavy atom. The van der Waals surface area contributed by atoms with E-state index in [4.69, 9.17) is 0 Å². The number of hydrogen-bond acceptors (Lipinski definition) is 4. The van der Waals surface area contributed by atoms with Crippen molar-refractivity contribution in [2.24, 2.45) is 10.9 Å². The maximum Gasteiger partial charge on any atom is 0.149 e. The Hall–Kier alpha value is -2.23. The van der Waals surface area contributed by atoms with Crippen LogP contribution >= 0.6 is 0 Å². The molecule has 1 unspecified atom stereocenters. The molecule has 1 saturated carbocycles. The highest BCUT2D eigenvalue weighted by Crippen LogP contribution is 2.28. The van der Waals surface area contributed by atoms with Crippen molar-refractivity contribution in [3.63, 3.8) is 0 Å². The molecular formula is C15H14N2O2. The number of rotatable bonds is 1. The number of para-hydroxylation sites is 1. The zero-order valence-corrected chi connectivity index (χ0v) is 10.4. The van der Waals surface area contributed by atoms with Gasteiger partial charge in [0, 0.05) is 35.8 Å². The fourth-order valence-electron chi connectivity index (χ4n) is 2.49. The maximum atomic E-state index is 12.0. The van der Waals surface area contributed by atoms with Crippen molar-refractivity contribution in [1.82, 2.24) is 0 Å². The lowest BCUT2D eigenvalue weighted by molar-refractivity contribution is -0.131. The van der Waals surface area contributed by atoms with Crippen LogP contribution < -0.4 is 5.32 Å². The van der Waals surface area contributed by atoms with E-state index in [1.54, 1.807) is 12.4 Å². The molecule has 0 aromatic heterocycles. The van der Waals surface area contributed by atoms with Crippen molar-refractivity contribution in [2.75, 3.05) is 5.32 Å². The molecule has 1 aliphatic heterocycles.